The minimum absolute atomic E-state index is 0.159. The lowest BCUT2D eigenvalue weighted by molar-refractivity contribution is -0.165. The van der Waals surface area contributed by atoms with Crippen molar-refractivity contribution in [1.82, 2.24) is 10.2 Å². The molecule has 3 unspecified atom stereocenters. The fraction of sp³-hybridized carbons (Fsp3) is 0.526. The summed E-state index contributed by atoms with van der Waals surface area (Å²) in [7, 11) is 1.51. The minimum Gasteiger partial charge on any atom is -0.460 e. The summed E-state index contributed by atoms with van der Waals surface area (Å²) in [4.78, 5) is 39.4. The molecule has 2 aliphatic rings. The van der Waals surface area contributed by atoms with Crippen LogP contribution in [-0.2, 0) is 30.3 Å². The van der Waals surface area contributed by atoms with E-state index in [0.717, 1.165) is 5.56 Å². The predicted molar refractivity (Wildman–Crippen MR) is 116 cm³/mol. The molecular weight excluding hydrogens is 475 g/mol. The van der Waals surface area contributed by atoms with Crippen LogP contribution in [0.5, 0.6) is 0 Å². The smallest absolute Gasteiger partial charge is 0.330 e. The van der Waals surface area contributed by atoms with Gasteiger partial charge >= 0.3 is 5.97 Å². The Hall–Kier alpha value is -1.19. The Bertz CT molecular complexity index is 822. The summed E-state index contributed by atoms with van der Waals surface area (Å²) in [6.45, 7) is 1.55. The van der Waals surface area contributed by atoms with E-state index in [0.29, 0.717) is 0 Å². The molecule has 7 nitrogen and oxygen atoms in total. The fourth-order valence-corrected chi connectivity index (χ4v) is 5.55. The van der Waals surface area contributed by atoms with Crippen molar-refractivity contribution >= 4 is 64.3 Å². The summed E-state index contributed by atoms with van der Waals surface area (Å²) in [5.41, 5.74) is 0.843. The summed E-state index contributed by atoms with van der Waals surface area (Å²) in [5, 5.41) is 2.36. The standard InChI is InChI=1S/C19H21Cl3N2O5S/c1-18(9-28-2)14(17(27)29-10-19(20,21)22)24-15(26)13(16(24)30-18)23-12(25)8-11-6-4-3-5-7-11/h3-7,13-14,16H,8-10H2,1-2H3,(H,23,25)/t13?,14?,16-,18?/m1/s1. The molecule has 0 saturated carbocycles. The summed E-state index contributed by atoms with van der Waals surface area (Å²) >= 11 is 18.4. The molecule has 0 aromatic heterocycles. The van der Waals surface area contributed by atoms with Crippen LogP contribution in [0.1, 0.15) is 12.5 Å². The number of fused-ring (bicyclic) bond motifs is 1. The summed E-state index contributed by atoms with van der Waals surface area (Å²) in [5.74, 6) is -1.31. The number of esters is 1. The van der Waals surface area contributed by atoms with Gasteiger partial charge in [-0.3, -0.25) is 9.59 Å². The van der Waals surface area contributed by atoms with Gasteiger partial charge in [-0.2, -0.15) is 0 Å². The van der Waals surface area contributed by atoms with E-state index in [1.54, 1.807) is 6.92 Å². The van der Waals surface area contributed by atoms with Crippen molar-refractivity contribution < 1.29 is 23.9 Å². The average Bonchev–Trinajstić information content (AvgIpc) is 2.94. The molecular formula is C19H21Cl3N2O5S. The second-order valence-electron chi connectivity index (χ2n) is 7.33. The van der Waals surface area contributed by atoms with Crippen LogP contribution in [0.25, 0.3) is 0 Å². The number of hydrogen-bond acceptors (Lipinski definition) is 6. The van der Waals surface area contributed by atoms with E-state index in [1.165, 1.54) is 23.8 Å². The van der Waals surface area contributed by atoms with Crippen LogP contribution < -0.4 is 5.32 Å². The number of amides is 2. The van der Waals surface area contributed by atoms with Crippen LogP contribution in [0.2, 0.25) is 0 Å². The van der Waals surface area contributed by atoms with Gasteiger partial charge in [0, 0.05) is 7.11 Å². The highest BCUT2D eigenvalue weighted by Gasteiger charge is 2.66. The van der Waals surface area contributed by atoms with E-state index in [-0.39, 0.29) is 24.8 Å². The molecule has 2 aliphatic heterocycles. The van der Waals surface area contributed by atoms with Crippen molar-refractivity contribution in [2.24, 2.45) is 0 Å². The van der Waals surface area contributed by atoms with Gasteiger partial charge in [0.1, 0.15) is 24.1 Å². The van der Waals surface area contributed by atoms with Gasteiger partial charge in [0.05, 0.1) is 17.8 Å². The number of β-lactam (4-membered cyclic amide) rings is 1. The lowest BCUT2D eigenvalue weighted by Crippen LogP contribution is -2.71. The van der Waals surface area contributed by atoms with Crippen LogP contribution in [-0.4, -0.2) is 69.0 Å². The van der Waals surface area contributed by atoms with Crippen molar-refractivity contribution in [3.05, 3.63) is 35.9 Å². The number of hydrogen-bond donors (Lipinski definition) is 1. The first kappa shape index (κ1) is 23.5. The average molecular weight is 496 g/mol. The first-order valence-electron chi connectivity index (χ1n) is 9.11. The monoisotopic (exact) mass is 494 g/mol. The second-order valence-corrected chi connectivity index (χ2v) is 11.5. The summed E-state index contributed by atoms with van der Waals surface area (Å²) < 4.78 is 7.88. The number of nitrogens with one attached hydrogen (secondary N) is 1. The third kappa shape index (κ3) is 4.99. The zero-order chi connectivity index (χ0) is 22.1. The molecule has 0 spiro atoms. The molecule has 164 valence electrons. The molecule has 2 amide bonds. The Morgan fingerprint density at radius 2 is 1.93 bits per heavy atom. The number of carbonyl (C=O) groups excluding carboxylic acids is 3. The van der Waals surface area contributed by atoms with E-state index < -0.39 is 38.6 Å². The number of rotatable bonds is 7. The summed E-state index contributed by atoms with van der Waals surface area (Å²) in [6, 6.07) is 7.58. The Morgan fingerprint density at radius 3 is 2.53 bits per heavy atom. The van der Waals surface area contributed by atoms with Gasteiger partial charge in [0.15, 0.2) is 0 Å². The maximum absolute atomic E-state index is 12.8. The molecule has 0 bridgehead atoms. The van der Waals surface area contributed by atoms with E-state index in [2.05, 4.69) is 5.32 Å². The first-order valence-corrected chi connectivity index (χ1v) is 11.1. The lowest BCUT2D eigenvalue weighted by Gasteiger charge is -2.44. The molecule has 2 heterocycles. The van der Waals surface area contributed by atoms with Gasteiger partial charge in [-0.05, 0) is 12.5 Å². The van der Waals surface area contributed by atoms with E-state index >= 15 is 0 Å². The molecule has 0 aliphatic carbocycles. The number of alkyl halides is 3. The number of carbonyl (C=O) groups is 3. The SMILES string of the molecule is COCC1(C)S[C@@H]2C(NC(=O)Cc3ccccc3)C(=O)N2C1C(=O)OCC(Cl)(Cl)Cl. The molecule has 0 radical (unpaired) electrons. The quantitative estimate of drug-likeness (QED) is 0.355. The molecule has 2 saturated heterocycles. The Balaban J connectivity index is 1.70. The van der Waals surface area contributed by atoms with E-state index in [4.69, 9.17) is 44.3 Å². The molecule has 1 N–H and O–H groups in total. The molecule has 1 aromatic carbocycles. The maximum Gasteiger partial charge on any atom is 0.330 e. The van der Waals surface area contributed by atoms with Crippen molar-refractivity contribution in [1.29, 1.82) is 0 Å². The van der Waals surface area contributed by atoms with Gasteiger partial charge < -0.3 is 19.7 Å². The zero-order valence-corrected chi connectivity index (χ0v) is 19.4. The van der Waals surface area contributed by atoms with Crippen molar-refractivity contribution in [3.8, 4) is 0 Å². The second kappa shape index (κ2) is 9.12. The van der Waals surface area contributed by atoms with Crippen molar-refractivity contribution in [2.75, 3.05) is 20.3 Å². The van der Waals surface area contributed by atoms with Crippen LogP contribution in [0, 0.1) is 0 Å². The number of methoxy groups -OCH3 is 1. The topological polar surface area (TPSA) is 84.9 Å². The van der Waals surface area contributed by atoms with Gasteiger partial charge in [0.2, 0.25) is 15.6 Å². The zero-order valence-electron chi connectivity index (χ0n) is 16.3. The minimum atomic E-state index is -1.76. The molecule has 4 atom stereocenters. The number of nitrogens with zero attached hydrogens (tertiary/aromatic N) is 1. The van der Waals surface area contributed by atoms with Gasteiger partial charge in [-0.25, -0.2) is 4.79 Å². The maximum atomic E-state index is 12.8. The van der Waals surface area contributed by atoms with E-state index in [9.17, 15) is 14.4 Å². The lowest BCUT2D eigenvalue weighted by atomic mass is 9.95. The van der Waals surface area contributed by atoms with Crippen LogP contribution in [0.15, 0.2) is 30.3 Å². The van der Waals surface area contributed by atoms with Gasteiger partial charge in [-0.15, -0.1) is 11.8 Å². The molecule has 3 rings (SSSR count). The van der Waals surface area contributed by atoms with Gasteiger partial charge in [0.25, 0.3) is 0 Å². The van der Waals surface area contributed by atoms with Crippen LogP contribution in [0.4, 0.5) is 0 Å². The Labute approximate surface area is 193 Å². The highest BCUT2D eigenvalue weighted by atomic mass is 35.6. The highest BCUT2D eigenvalue weighted by Crippen LogP contribution is 2.51. The number of halogens is 3. The molecule has 30 heavy (non-hydrogen) atoms. The van der Waals surface area contributed by atoms with Crippen molar-refractivity contribution in [2.45, 2.75) is 39.3 Å². The van der Waals surface area contributed by atoms with Crippen molar-refractivity contribution in [3.63, 3.8) is 0 Å². The summed E-state index contributed by atoms with van der Waals surface area (Å²) in [6.07, 6.45) is 0.159. The third-order valence-electron chi connectivity index (χ3n) is 4.88. The molecule has 2 fully saturated rings. The fourth-order valence-electron chi connectivity index (χ4n) is 3.65. The Kier molecular flexibility index (Phi) is 7.14. The normalized spacial score (nSPS) is 28.0. The number of thioether (sulfide) groups is 1. The Morgan fingerprint density at radius 1 is 1.27 bits per heavy atom. The number of ether oxygens (including phenoxy) is 2. The largest absolute Gasteiger partial charge is 0.460 e. The third-order valence-corrected chi connectivity index (χ3v) is 6.83. The number of benzene rings is 1. The molecule has 11 heteroatoms. The predicted octanol–water partition coefficient (Wildman–Crippen LogP) is 2.32. The highest BCUT2D eigenvalue weighted by molar-refractivity contribution is 8.01. The van der Waals surface area contributed by atoms with Crippen LogP contribution >= 0.6 is 46.6 Å². The van der Waals surface area contributed by atoms with Crippen LogP contribution in [0.3, 0.4) is 0 Å². The first-order chi connectivity index (χ1) is 14.1. The molecule has 1 aromatic rings. The van der Waals surface area contributed by atoms with E-state index in [1.807, 2.05) is 30.3 Å². The van der Waals surface area contributed by atoms with Gasteiger partial charge in [-0.1, -0.05) is 65.1 Å².